The Labute approximate surface area is 118 Å². The molecule has 0 saturated carbocycles. The molecule has 2 aromatic rings. The second kappa shape index (κ2) is 5.46. The van der Waals surface area contributed by atoms with Gasteiger partial charge in [-0.15, -0.1) is 0 Å². The van der Waals surface area contributed by atoms with Gasteiger partial charge < -0.3 is 5.32 Å². The minimum atomic E-state index is -0.259. The Hall–Kier alpha value is -1.46. The van der Waals surface area contributed by atoms with Crippen molar-refractivity contribution in [1.29, 1.82) is 0 Å². The summed E-state index contributed by atoms with van der Waals surface area (Å²) in [6.07, 6.45) is 2.87. The standard InChI is InChI=1S/C12H9BrClN3O/c1-7-4-9(13)11(5-10(7)14)17-12(18)8-2-3-15-16-6-8/h2-6H,1H3,(H,17,18). The van der Waals surface area contributed by atoms with Crippen molar-refractivity contribution in [3.63, 3.8) is 0 Å². The Balaban J connectivity index is 2.25. The van der Waals surface area contributed by atoms with Crippen LogP contribution in [0.15, 0.2) is 35.1 Å². The van der Waals surface area contributed by atoms with E-state index >= 15 is 0 Å². The predicted octanol–water partition coefficient (Wildman–Crippen LogP) is 3.45. The number of amides is 1. The summed E-state index contributed by atoms with van der Waals surface area (Å²) < 4.78 is 0.778. The molecule has 0 atom stereocenters. The number of hydrogen-bond acceptors (Lipinski definition) is 3. The van der Waals surface area contributed by atoms with Crippen LogP contribution in [0.5, 0.6) is 0 Å². The Morgan fingerprint density at radius 1 is 1.39 bits per heavy atom. The van der Waals surface area contributed by atoms with Gasteiger partial charge in [-0.1, -0.05) is 11.6 Å². The van der Waals surface area contributed by atoms with Gasteiger partial charge in [0.1, 0.15) is 0 Å². The van der Waals surface area contributed by atoms with E-state index in [1.807, 2.05) is 13.0 Å². The van der Waals surface area contributed by atoms with Gasteiger partial charge in [0.05, 0.1) is 23.6 Å². The van der Waals surface area contributed by atoms with Crippen LogP contribution in [-0.4, -0.2) is 16.1 Å². The van der Waals surface area contributed by atoms with Gasteiger partial charge in [0.2, 0.25) is 0 Å². The topological polar surface area (TPSA) is 54.9 Å². The molecule has 4 nitrogen and oxygen atoms in total. The number of aryl methyl sites for hydroxylation is 1. The van der Waals surface area contributed by atoms with Crippen molar-refractivity contribution in [2.75, 3.05) is 5.32 Å². The first-order chi connectivity index (χ1) is 8.58. The van der Waals surface area contributed by atoms with Crippen molar-refractivity contribution in [3.05, 3.63) is 51.2 Å². The number of carbonyl (C=O) groups excluding carboxylic acids is 1. The number of anilines is 1. The quantitative estimate of drug-likeness (QED) is 0.919. The molecule has 1 heterocycles. The van der Waals surface area contributed by atoms with Crippen LogP contribution < -0.4 is 5.32 Å². The van der Waals surface area contributed by atoms with Gasteiger partial charge in [-0.25, -0.2) is 0 Å². The van der Waals surface area contributed by atoms with E-state index < -0.39 is 0 Å². The van der Waals surface area contributed by atoms with E-state index in [0.29, 0.717) is 16.3 Å². The second-order valence-electron chi connectivity index (χ2n) is 3.67. The zero-order valence-corrected chi connectivity index (χ0v) is 11.8. The molecule has 0 aliphatic heterocycles. The summed E-state index contributed by atoms with van der Waals surface area (Å²) in [4.78, 5) is 11.9. The van der Waals surface area contributed by atoms with E-state index in [1.54, 1.807) is 12.1 Å². The first-order valence-corrected chi connectivity index (χ1v) is 6.28. The number of nitrogens with one attached hydrogen (secondary N) is 1. The molecule has 6 heteroatoms. The first-order valence-electron chi connectivity index (χ1n) is 5.11. The third kappa shape index (κ3) is 2.86. The maximum absolute atomic E-state index is 11.9. The van der Waals surface area contributed by atoms with Crippen LogP contribution in [0, 0.1) is 6.92 Å². The van der Waals surface area contributed by atoms with Crippen LogP contribution in [-0.2, 0) is 0 Å². The van der Waals surface area contributed by atoms with E-state index in [9.17, 15) is 4.79 Å². The van der Waals surface area contributed by atoms with Gasteiger partial charge in [0.15, 0.2) is 0 Å². The number of aromatic nitrogens is 2. The Morgan fingerprint density at radius 3 is 2.83 bits per heavy atom. The molecule has 18 heavy (non-hydrogen) atoms. The summed E-state index contributed by atoms with van der Waals surface area (Å²) in [6.45, 7) is 1.89. The van der Waals surface area contributed by atoms with Crippen molar-refractivity contribution in [3.8, 4) is 0 Å². The van der Waals surface area contributed by atoms with Crippen LogP contribution in [0.3, 0.4) is 0 Å². The van der Waals surface area contributed by atoms with Crippen LogP contribution >= 0.6 is 27.5 Å². The summed E-state index contributed by atoms with van der Waals surface area (Å²) in [7, 11) is 0. The Kier molecular flexibility index (Phi) is 3.93. The SMILES string of the molecule is Cc1cc(Br)c(NC(=O)c2ccnnc2)cc1Cl. The molecule has 0 aliphatic rings. The highest BCUT2D eigenvalue weighted by Crippen LogP contribution is 2.29. The molecular weight excluding hydrogens is 318 g/mol. The third-order valence-electron chi connectivity index (χ3n) is 2.34. The lowest BCUT2D eigenvalue weighted by atomic mass is 10.2. The number of nitrogens with zero attached hydrogens (tertiary/aromatic N) is 2. The summed E-state index contributed by atoms with van der Waals surface area (Å²) in [5.41, 5.74) is 1.99. The fourth-order valence-electron chi connectivity index (χ4n) is 1.36. The lowest BCUT2D eigenvalue weighted by Crippen LogP contribution is -2.12. The molecule has 1 aromatic heterocycles. The van der Waals surface area contributed by atoms with Gasteiger partial charge in [0, 0.05) is 9.50 Å². The van der Waals surface area contributed by atoms with E-state index in [0.717, 1.165) is 10.0 Å². The lowest BCUT2D eigenvalue weighted by molar-refractivity contribution is 0.102. The summed E-state index contributed by atoms with van der Waals surface area (Å²) in [5, 5.41) is 10.6. The van der Waals surface area contributed by atoms with Gasteiger partial charge in [-0.05, 0) is 46.6 Å². The Bertz CT molecular complexity index is 589. The van der Waals surface area contributed by atoms with Gasteiger partial charge in [0.25, 0.3) is 5.91 Å². The van der Waals surface area contributed by atoms with E-state index in [4.69, 9.17) is 11.6 Å². The molecule has 0 saturated heterocycles. The molecule has 0 radical (unpaired) electrons. The molecule has 1 N–H and O–H groups in total. The maximum atomic E-state index is 11.9. The van der Waals surface area contributed by atoms with E-state index in [-0.39, 0.29) is 5.91 Å². The molecule has 0 spiro atoms. The largest absolute Gasteiger partial charge is 0.321 e. The minimum Gasteiger partial charge on any atom is -0.321 e. The molecular formula is C12H9BrClN3O. The average Bonchev–Trinajstić information content (AvgIpc) is 2.37. The van der Waals surface area contributed by atoms with Crippen molar-refractivity contribution in [2.45, 2.75) is 6.92 Å². The van der Waals surface area contributed by atoms with Crippen molar-refractivity contribution < 1.29 is 4.79 Å². The number of carbonyl (C=O) groups is 1. The molecule has 1 amide bonds. The monoisotopic (exact) mass is 325 g/mol. The fraction of sp³-hybridized carbons (Fsp3) is 0.0833. The van der Waals surface area contributed by atoms with Crippen LogP contribution in [0.4, 0.5) is 5.69 Å². The van der Waals surface area contributed by atoms with Crippen LogP contribution in [0.2, 0.25) is 5.02 Å². The lowest BCUT2D eigenvalue weighted by Gasteiger charge is -2.09. The van der Waals surface area contributed by atoms with Crippen LogP contribution in [0.25, 0.3) is 0 Å². The minimum absolute atomic E-state index is 0.259. The van der Waals surface area contributed by atoms with Crippen molar-refractivity contribution >= 4 is 39.1 Å². The number of halogens is 2. The first kappa shape index (κ1) is 13.0. The fourth-order valence-corrected chi connectivity index (χ4v) is 2.08. The molecule has 0 aliphatic carbocycles. The molecule has 1 aromatic carbocycles. The smallest absolute Gasteiger partial charge is 0.257 e. The highest BCUT2D eigenvalue weighted by atomic mass is 79.9. The predicted molar refractivity (Wildman–Crippen MR) is 73.9 cm³/mol. The molecule has 92 valence electrons. The molecule has 0 fully saturated rings. The maximum Gasteiger partial charge on any atom is 0.257 e. The summed E-state index contributed by atoms with van der Waals surface area (Å²) in [6, 6.07) is 5.14. The number of rotatable bonds is 2. The van der Waals surface area contributed by atoms with Gasteiger partial charge in [-0.2, -0.15) is 10.2 Å². The molecule has 0 bridgehead atoms. The number of hydrogen-bond donors (Lipinski definition) is 1. The third-order valence-corrected chi connectivity index (χ3v) is 3.41. The number of benzene rings is 1. The Morgan fingerprint density at radius 2 is 2.17 bits per heavy atom. The summed E-state index contributed by atoms with van der Waals surface area (Å²) in [5.74, 6) is -0.259. The van der Waals surface area contributed by atoms with Crippen molar-refractivity contribution in [1.82, 2.24) is 10.2 Å². The normalized spacial score (nSPS) is 10.2. The van der Waals surface area contributed by atoms with Crippen molar-refractivity contribution in [2.24, 2.45) is 0 Å². The zero-order chi connectivity index (χ0) is 13.1. The highest BCUT2D eigenvalue weighted by molar-refractivity contribution is 9.10. The summed E-state index contributed by atoms with van der Waals surface area (Å²) >= 11 is 9.40. The van der Waals surface area contributed by atoms with E-state index in [2.05, 4.69) is 31.4 Å². The highest BCUT2D eigenvalue weighted by Gasteiger charge is 2.10. The molecule has 2 rings (SSSR count). The van der Waals surface area contributed by atoms with E-state index in [1.165, 1.54) is 12.4 Å². The van der Waals surface area contributed by atoms with Crippen LogP contribution in [0.1, 0.15) is 15.9 Å². The molecule has 0 unspecified atom stereocenters. The second-order valence-corrected chi connectivity index (χ2v) is 4.93. The van der Waals surface area contributed by atoms with Gasteiger partial charge >= 0.3 is 0 Å². The zero-order valence-electron chi connectivity index (χ0n) is 9.45. The average molecular weight is 327 g/mol. The van der Waals surface area contributed by atoms with Gasteiger partial charge in [-0.3, -0.25) is 4.79 Å².